The largest absolute Gasteiger partial charge is 0.381 e. The molecule has 1 aromatic rings. The predicted octanol–water partition coefficient (Wildman–Crippen LogP) is 3.88. The zero-order valence-corrected chi connectivity index (χ0v) is 14.0. The first-order valence-corrected chi connectivity index (χ1v) is 7.91. The van der Waals surface area contributed by atoms with E-state index in [0.29, 0.717) is 23.7 Å². The highest BCUT2D eigenvalue weighted by molar-refractivity contribution is 14.1. The molecular formula is C14H19ClINO2. The van der Waals surface area contributed by atoms with Gasteiger partial charge in [0.15, 0.2) is 0 Å². The van der Waals surface area contributed by atoms with E-state index in [1.54, 1.807) is 12.1 Å². The van der Waals surface area contributed by atoms with E-state index in [2.05, 4.69) is 34.8 Å². The van der Waals surface area contributed by atoms with Crippen LogP contribution in [0, 0.1) is 3.57 Å². The molecule has 0 unspecified atom stereocenters. The minimum absolute atomic E-state index is 0.0829. The second-order valence-corrected chi connectivity index (χ2v) is 5.80. The molecule has 1 rings (SSSR count). The van der Waals surface area contributed by atoms with Crippen LogP contribution in [0.4, 0.5) is 0 Å². The fourth-order valence-corrected chi connectivity index (χ4v) is 2.24. The highest BCUT2D eigenvalue weighted by Gasteiger charge is 2.09. The lowest BCUT2D eigenvalue weighted by Gasteiger charge is -2.07. The molecule has 1 N–H and O–H groups in total. The molecule has 0 fully saturated rings. The summed E-state index contributed by atoms with van der Waals surface area (Å²) in [4.78, 5) is 11.9. The summed E-state index contributed by atoms with van der Waals surface area (Å²) in [6.45, 7) is 4.24. The van der Waals surface area contributed by atoms with Crippen LogP contribution in [0.3, 0.4) is 0 Å². The SMILES string of the molecule is CCCCOCCCNC(=O)c1cc(Cl)ccc1I. The van der Waals surface area contributed by atoms with E-state index in [1.807, 2.05) is 6.07 Å². The van der Waals surface area contributed by atoms with Gasteiger partial charge in [-0.3, -0.25) is 4.79 Å². The molecule has 3 nitrogen and oxygen atoms in total. The van der Waals surface area contributed by atoms with Crippen molar-refractivity contribution >= 4 is 40.1 Å². The monoisotopic (exact) mass is 395 g/mol. The lowest BCUT2D eigenvalue weighted by Crippen LogP contribution is -2.26. The zero-order valence-electron chi connectivity index (χ0n) is 11.0. The molecule has 0 spiro atoms. The van der Waals surface area contributed by atoms with E-state index >= 15 is 0 Å². The maximum absolute atomic E-state index is 11.9. The van der Waals surface area contributed by atoms with Crippen LogP contribution in [0.25, 0.3) is 0 Å². The molecule has 0 radical (unpaired) electrons. The average molecular weight is 396 g/mol. The zero-order chi connectivity index (χ0) is 14.1. The molecule has 106 valence electrons. The van der Waals surface area contributed by atoms with E-state index < -0.39 is 0 Å². The fourth-order valence-electron chi connectivity index (χ4n) is 1.49. The first kappa shape index (κ1) is 16.7. The molecular weight excluding hydrogens is 377 g/mol. The fraction of sp³-hybridized carbons (Fsp3) is 0.500. The number of rotatable bonds is 8. The molecule has 19 heavy (non-hydrogen) atoms. The molecule has 0 saturated heterocycles. The second kappa shape index (κ2) is 9.55. The van der Waals surface area contributed by atoms with Crippen LogP contribution in [0.15, 0.2) is 18.2 Å². The Morgan fingerprint density at radius 3 is 2.84 bits per heavy atom. The van der Waals surface area contributed by atoms with Crippen LogP contribution in [-0.2, 0) is 4.74 Å². The van der Waals surface area contributed by atoms with Gasteiger partial charge in [0, 0.05) is 28.4 Å². The molecule has 0 bridgehead atoms. The maximum Gasteiger partial charge on any atom is 0.252 e. The summed E-state index contributed by atoms with van der Waals surface area (Å²) < 4.78 is 6.33. The van der Waals surface area contributed by atoms with E-state index in [4.69, 9.17) is 16.3 Å². The Balaban J connectivity index is 2.26. The minimum Gasteiger partial charge on any atom is -0.381 e. The summed E-state index contributed by atoms with van der Waals surface area (Å²) in [5.74, 6) is -0.0829. The lowest BCUT2D eigenvalue weighted by molar-refractivity contribution is 0.0939. The van der Waals surface area contributed by atoms with Gasteiger partial charge in [-0.05, 0) is 53.6 Å². The Kier molecular flexibility index (Phi) is 8.41. The Morgan fingerprint density at radius 2 is 2.11 bits per heavy atom. The van der Waals surface area contributed by atoms with Crippen LogP contribution in [0.5, 0.6) is 0 Å². The number of carbonyl (C=O) groups is 1. The Hall–Kier alpha value is -0.330. The van der Waals surface area contributed by atoms with Crippen molar-refractivity contribution in [1.29, 1.82) is 0 Å². The molecule has 0 heterocycles. The molecule has 0 aromatic heterocycles. The van der Waals surface area contributed by atoms with E-state index in [-0.39, 0.29) is 5.91 Å². The van der Waals surface area contributed by atoms with Gasteiger partial charge >= 0.3 is 0 Å². The lowest BCUT2D eigenvalue weighted by atomic mass is 10.2. The average Bonchev–Trinajstić information content (AvgIpc) is 2.40. The number of ether oxygens (including phenoxy) is 1. The molecule has 5 heteroatoms. The maximum atomic E-state index is 11.9. The van der Waals surface area contributed by atoms with Gasteiger partial charge in [-0.15, -0.1) is 0 Å². The normalized spacial score (nSPS) is 10.5. The first-order valence-electron chi connectivity index (χ1n) is 6.46. The van der Waals surface area contributed by atoms with Crippen molar-refractivity contribution in [3.05, 3.63) is 32.4 Å². The van der Waals surface area contributed by atoms with Gasteiger partial charge in [-0.2, -0.15) is 0 Å². The Labute approximate surface area is 133 Å². The third-order valence-corrected chi connectivity index (χ3v) is 3.74. The molecule has 0 aliphatic heterocycles. The summed E-state index contributed by atoms with van der Waals surface area (Å²) in [6.07, 6.45) is 3.06. The van der Waals surface area contributed by atoms with Crippen molar-refractivity contribution in [1.82, 2.24) is 5.32 Å². The van der Waals surface area contributed by atoms with E-state index in [0.717, 1.165) is 29.4 Å². The van der Waals surface area contributed by atoms with Crippen molar-refractivity contribution < 1.29 is 9.53 Å². The standard InChI is InChI=1S/C14H19ClINO2/c1-2-3-8-19-9-4-7-17-14(18)12-10-11(15)5-6-13(12)16/h5-6,10H,2-4,7-9H2,1H3,(H,17,18). The summed E-state index contributed by atoms with van der Waals surface area (Å²) in [6, 6.07) is 5.31. The Morgan fingerprint density at radius 1 is 1.37 bits per heavy atom. The summed E-state index contributed by atoms with van der Waals surface area (Å²) in [5.41, 5.74) is 0.625. The van der Waals surface area contributed by atoms with Gasteiger partial charge in [0.1, 0.15) is 0 Å². The highest BCUT2D eigenvalue weighted by atomic mass is 127. The molecule has 0 atom stereocenters. The summed E-state index contributed by atoms with van der Waals surface area (Å²) in [5, 5.41) is 3.45. The summed E-state index contributed by atoms with van der Waals surface area (Å²) >= 11 is 8.02. The molecule has 0 saturated carbocycles. The number of benzene rings is 1. The van der Waals surface area contributed by atoms with Gasteiger partial charge < -0.3 is 10.1 Å². The number of hydrogen-bond acceptors (Lipinski definition) is 2. The van der Waals surface area contributed by atoms with Gasteiger partial charge in [0.25, 0.3) is 5.91 Å². The highest BCUT2D eigenvalue weighted by Crippen LogP contribution is 2.17. The van der Waals surface area contributed by atoms with Crippen LogP contribution in [-0.4, -0.2) is 25.7 Å². The Bertz CT molecular complexity index is 412. The third-order valence-electron chi connectivity index (χ3n) is 2.57. The number of halogens is 2. The van der Waals surface area contributed by atoms with Crippen LogP contribution in [0.1, 0.15) is 36.5 Å². The van der Waals surface area contributed by atoms with Crippen LogP contribution < -0.4 is 5.32 Å². The first-order chi connectivity index (χ1) is 9.15. The van der Waals surface area contributed by atoms with Gasteiger partial charge in [-0.25, -0.2) is 0 Å². The smallest absolute Gasteiger partial charge is 0.252 e. The number of nitrogens with one attached hydrogen (secondary N) is 1. The predicted molar refractivity (Wildman–Crippen MR) is 86.8 cm³/mol. The molecule has 1 amide bonds. The van der Waals surface area contributed by atoms with Crippen molar-refractivity contribution in [2.75, 3.05) is 19.8 Å². The summed E-state index contributed by atoms with van der Waals surface area (Å²) in [7, 11) is 0. The van der Waals surface area contributed by atoms with Crippen molar-refractivity contribution in [3.8, 4) is 0 Å². The van der Waals surface area contributed by atoms with Crippen molar-refractivity contribution in [2.45, 2.75) is 26.2 Å². The van der Waals surface area contributed by atoms with Gasteiger partial charge in [-0.1, -0.05) is 24.9 Å². The number of amides is 1. The number of unbranched alkanes of at least 4 members (excludes halogenated alkanes) is 1. The van der Waals surface area contributed by atoms with E-state index in [9.17, 15) is 4.79 Å². The van der Waals surface area contributed by atoms with Gasteiger partial charge in [0.2, 0.25) is 0 Å². The quantitative estimate of drug-likeness (QED) is 0.536. The van der Waals surface area contributed by atoms with E-state index in [1.165, 1.54) is 0 Å². The molecule has 1 aromatic carbocycles. The van der Waals surface area contributed by atoms with Gasteiger partial charge in [0.05, 0.1) is 5.56 Å². The number of hydrogen-bond donors (Lipinski definition) is 1. The van der Waals surface area contributed by atoms with Crippen LogP contribution >= 0.6 is 34.2 Å². The number of carbonyl (C=O) groups excluding carboxylic acids is 1. The minimum atomic E-state index is -0.0829. The topological polar surface area (TPSA) is 38.3 Å². The second-order valence-electron chi connectivity index (χ2n) is 4.20. The van der Waals surface area contributed by atoms with Crippen molar-refractivity contribution in [2.24, 2.45) is 0 Å². The molecule has 0 aliphatic rings. The molecule has 0 aliphatic carbocycles. The third kappa shape index (κ3) is 6.58. The van der Waals surface area contributed by atoms with Crippen LogP contribution in [0.2, 0.25) is 5.02 Å². The van der Waals surface area contributed by atoms with Crippen molar-refractivity contribution in [3.63, 3.8) is 0 Å².